The average Bonchev–Trinajstić information content (AvgIpc) is 2.14. The highest BCUT2D eigenvalue weighted by Crippen LogP contribution is 2.08. The van der Waals surface area contributed by atoms with E-state index in [9.17, 15) is 9.90 Å². The van der Waals surface area contributed by atoms with Gasteiger partial charge in [0, 0.05) is 12.3 Å². The zero-order valence-electron chi connectivity index (χ0n) is 9.32. The Kier molecular flexibility index (Phi) is 6.63. The lowest BCUT2D eigenvalue weighted by Gasteiger charge is -2.23. The lowest BCUT2D eigenvalue weighted by Crippen LogP contribution is -2.47. The second kappa shape index (κ2) is 6.87. The summed E-state index contributed by atoms with van der Waals surface area (Å²) in [6.45, 7) is 5.41. The van der Waals surface area contributed by atoms with Gasteiger partial charge in [0.15, 0.2) is 0 Å². The molecular weight excluding hydrogens is 212 g/mol. The molecule has 0 aliphatic rings. The van der Waals surface area contributed by atoms with Crippen molar-refractivity contribution in [3.8, 4) is 0 Å². The van der Waals surface area contributed by atoms with Gasteiger partial charge in [-0.1, -0.05) is 6.08 Å². The van der Waals surface area contributed by atoms with E-state index >= 15 is 0 Å². The number of thioether (sulfide) groups is 1. The van der Waals surface area contributed by atoms with Gasteiger partial charge in [0.1, 0.15) is 0 Å². The van der Waals surface area contributed by atoms with Gasteiger partial charge in [0.05, 0.1) is 11.6 Å². The maximum atomic E-state index is 11.4. The molecule has 5 heteroatoms. The highest BCUT2D eigenvalue weighted by molar-refractivity contribution is 7.98. The molecule has 4 N–H and O–H groups in total. The largest absolute Gasteiger partial charge is 0.387 e. The average molecular weight is 232 g/mol. The van der Waals surface area contributed by atoms with Crippen molar-refractivity contribution in [1.29, 1.82) is 0 Å². The monoisotopic (exact) mass is 232 g/mol. The zero-order chi connectivity index (χ0) is 11.9. The lowest BCUT2D eigenvalue weighted by atomic mass is 10.1. The van der Waals surface area contributed by atoms with E-state index in [0.29, 0.717) is 12.2 Å². The molecule has 1 amide bonds. The normalized spacial score (nSPS) is 16.5. The summed E-state index contributed by atoms with van der Waals surface area (Å²) in [5.41, 5.74) is 4.67. The summed E-state index contributed by atoms with van der Waals surface area (Å²) < 4.78 is 0. The summed E-state index contributed by atoms with van der Waals surface area (Å²) >= 11 is 1.53. The van der Waals surface area contributed by atoms with Crippen LogP contribution in [0.25, 0.3) is 0 Å². The van der Waals surface area contributed by atoms with Gasteiger partial charge in [-0.25, -0.2) is 0 Å². The molecule has 0 heterocycles. The van der Waals surface area contributed by atoms with Crippen LogP contribution in [0.2, 0.25) is 0 Å². The fourth-order valence-corrected chi connectivity index (χ4v) is 1.78. The van der Waals surface area contributed by atoms with Crippen molar-refractivity contribution in [2.24, 2.45) is 5.73 Å². The minimum Gasteiger partial charge on any atom is -0.387 e. The number of carbonyl (C=O) groups excluding carboxylic acids is 1. The second-order valence-electron chi connectivity index (χ2n) is 3.78. The summed E-state index contributed by atoms with van der Waals surface area (Å²) in [7, 11) is 0. The van der Waals surface area contributed by atoms with E-state index in [4.69, 9.17) is 5.73 Å². The Morgan fingerprint density at radius 1 is 1.80 bits per heavy atom. The quantitative estimate of drug-likeness (QED) is 0.545. The third kappa shape index (κ3) is 6.54. The SMILES string of the molecule is C=CCC(N)C(=O)NCC(C)(O)CSC. The smallest absolute Gasteiger partial charge is 0.237 e. The first-order chi connectivity index (χ1) is 6.93. The van der Waals surface area contributed by atoms with E-state index in [2.05, 4.69) is 11.9 Å². The first-order valence-electron chi connectivity index (χ1n) is 4.78. The summed E-state index contributed by atoms with van der Waals surface area (Å²) in [5.74, 6) is 0.320. The fourth-order valence-electron chi connectivity index (χ4n) is 1.06. The molecular formula is C10H20N2O2S. The Hall–Kier alpha value is -0.520. The Morgan fingerprint density at radius 3 is 2.87 bits per heavy atom. The van der Waals surface area contributed by atoms with E-state index in [-0.39, 0.29) is 12.5 Å². The molecule has 0 spiro atoms. The molecule has 88 valence electrons. The fraction of sp³-hybridized carbons (Fsp3) is 0.700. The summed E-state index contributed by atoms with van der Waals surface area (Å²) in [5, 5.41) is 12.4. The molecule has 0 aliphatic carbocycles. The van der Waals surface area contributed by atoms with Gasteiger partial charge in [0.25, 0.3) is 0 Å². The van der Waals surface area contributed by atoms with E-state index in [1.54, 1.807) is 13.0 Å². The molecule has 0 radical (unpaired) electrons. The first-order valence-corrected chi connectivity index (χ1v) is 6.18. The van der Waals surface area contributed by atoms with E-state index < -0.39 is 11.6 Å². The number of nitrogens with two attached hydrogens (primary N) is 1. The van der Waals surface area contributed by atoms with E-state index in [0.717, 1.165) is 0 Å². The molecule has 0 rings (SSSR count). The molecule has 0 saturated carbocycles. The van der Waals surface area contributed by atoms with E-state index in [1.807, 2.05) is 6.26 Å². The maximum absolute atomic E-state index is 11.4. The molecule has 15 heavy (non-hydrogen) atoms. The van der Waals surface area contributed by atoms with Crippen LogP contribution in [0.15, 0.2) is 12.7 Å². The van der Waals surface area contributed by atoms with Gasteiger partial charge in [-0.3, -0.25) is 4.79 Å². The van der Waals surface area contributed by atoms with Crippen LogP contribution in [0, 0.1) is 0 Å². The van der Waals surface area contributed by atoms with Crippen LogP contribution in [-0.4, -0.2) is 41.2 Å². The predicted octanol–water partition coefficient (Wildman–Crippen LogP) is 0.120. The number of amides is 1. The molecule has 0 fully saturated rings. The molecule has 0 aliphatic heterocycles. The van der Waals surface area contributed by atoms with Gasteiger partial charge >= 0.3 is 0 Å². The van der Waals surface area contributed by atoms with Crippen LogP contribution < -0.4 is 11.1 Å². The van der Waals surface area contributed by atoms with Crippen LogP contribution in [0.5, 0.6) is 0 Å². The first kappa shape index (κ1) is 14.5. The Bertz CT molecular complexity index is 219. The standard InChI is InChI=1S/C10H20N2O2S/c1-4-5-8(11)9(13)12-6-10(2,14)7-15-3/h4,8,14H,1,5-7,11H2,2-3H3,(H,12,13). The van der Waals surface area contributed by atoms with Crippen molar-refractivity contribution >= 4 is 17.7 Å². The minimum atomic E-state index is -0.886. The summed E-state index contributed by atoms with van der Waals surface area (Å²) in [4.78, 5) is 11.4. The topological polar surface area (TPSA) is 75.4 Å². The van der Waals surface area contributed by atoms with Crippen LogP contribution in [0.1, 0.15) is 13.3 Å². The molecule has 2 unspecified atom stereocenters. The van der Waals surface area contributed by atoms with Gasteiger partial charge in [-0.05, 0) is 19.6 Å². The van der Waals surface area contributed by atoms with Crippen molar-refractivity contribution in [2.75, 3.05) is 18.6 Å². The molecule has 2 atom stereocenters. The van der Waals surface area contributed by atoms with Crippen molar-refractivity contribution in [3.63, 3.8) is 0 Å². The summed E-state index contributed by atoms with van der Waals surface area (Å²) in [6, 6.07) is -0.576. The number of hydrogen-bond donors (Lipinski definition) is 3. The van der Waals surface area contributed by atoms with Crippen LogP contribution >= 0.6 is 11.8 Å². The van der Waals surface area contributed by atoms with Gasteiger partial charge < -0.3 is 16.2 Å². The van der Waals surface area contributed by atoms with Crippen molar-refractivity contribution in [1.82, 2.24) is 5.32 Å². The van der Waals surface area contributed by atoms with Crippen molar-refractivity contribution in [3.05, 3.63) is 12.7 Å². The summed E-state index contributed by atoms with van der Waals surface area (Å²) in [6.07, 6.45) is 3.94. The molecule has 4 nitrogen and oxygen atoms in total. The van der Waals surface area contributed by atoms with Gasteiger partial charge in [0.2, 0.25) is 5.91 Å². The third-order valence-electron chi connectivity index (χ3n) is 1.86. The Balaban J connectivity index is 3.93. The number of carbonyl (C=O) groups is 1. The number of hydrogen-bond acceptors (Lipinski definition) is 4. The molecule has 0 aromatic heterocycles. The van der Waals surface area contributed by atoms with Gasteiger partial charge in [-0.2, -0.15) is 11.8 Å². The number of nitrogens with one attached hydrogen (secondary N) is 1. The second-order valence-corrected chi connectivity index (χ2v) is 4.64. The minimum absolute atomic E-state index is 0.220. The third-order valence-corrected chi connectivity index (χ3v) is 2.77. The predicted molar refractivity (Wildman–Crippen MR) is 64.8 cm³/mol. The highest BCUT2D eigenvalue weighted by Gasteiger charge is 2.21. The van der Waals surface area contributed by atoms with Gasteiger partial charge in [-0.15, -0.1) is 6.58 Å². The van der Waals surface area contributed by atoms with Crippen LogP contribution in [0.3, 0.4) is 0 Å². The van der Waals surface area contributed by atoms with E-state index in [1.165, 1.54) is 11.8 Å². The lowest BCUT2D eigenvalue weighted by molar-refractivity contribution is -0.123. The van der Waals surface area contributed by atoms with Crippen molar-refractivity contribution in [2.45, 2.75) is 25.0 Å². The van der Waals surface area contributed by atoms with Crippen LogP contribution in [-0.2, 0) is 4.79 Å². The number of rotatable bonds is 7. The van der Waals surface area contributed by atoms with Crippen molar-refractivity contribution < 1.29 is 9.90 Å². The molecule has 0 aromatic carbocycles. The molecule has 0 saturated heterocycles. The molecule has 0 aromatic rings. The Labute approximate surface area is 95.3 Å². The zero-order valence-corrected chi connectivity index (χ0v) is 10.1. The Morgan fingerprint density at radius 2 is 2.40 bits per heavy atom. The molecule has 0 bridgehead atoms. The number of aliphatic hydroxyl groups is 1. The maximum Gasteiger partial charge on any atom is 0.237 e. The highest BCUT2D eigenvalue weighted by atomic mass is 32.2. The van der Waals surface area contributed by atoms with Crippen LogP contribution in [0.4, 0.5) is 0 Å².